The summed E-state index contributed by atoms with van der Waals surface area (Å²) in [6.07, 6.45) is 3.36. The lowest BCUT2D eigenvalue weighted by molar-refractivity contribution is -0.126. The molecule has 1 aromatic carbocycles. The summed E-state index contributed by atoms with van der Waals surface area (Å²) in [6, 6.07) is 7.60. The number of thiocarbonyl (C=S) groups is 1. The van der Waals surface area contributed by atoms with E-state index >= 15 is 0 Å². The Kier molecular flexibility index (Phi) is 5.44. The van der Waals surface area contributed by atoms with Crippen molar-refractivity contribution >= 4 is 78.6 Å². The molecule has 0 unspecified atom stereocenters. The van der Waals surface area contributed by atoms with Crippen molar-refractivity contribution in [2.24, 2.45) is 0 Å². The smallest absolute Gasteiger partial charge is 0.266 e. The van der Waals surface area contributed by atoms with Gasteiger partial charge in [-0.2, -0.15) is 0 Å². The summed E-state index contributed by atoms with van der Waals surface area (Å²) < 4.78 is 1.30. The molecule has 5 nitrogen and oxygen atoms in total. The molecule has 0 spiro atoms. The van der Waals surface area contributed by atoms with Gasteiger partial charge in [0.25, 0.3) is 5.91 Å². The van der Waals surface area contributed by atoms with Gasteiger partial charge in [-0.05, 0) is 23.8 Å². The van der Waals surface area contributed by atoms with E-state index in [1.807, 2.05) is 24.3 Å². The van der Waals surface area contributed by atoms with Crippen molar-refractivity contribution in [2.75, 3.05) is 11.9 Å². The molecule has 24 heavy (non-hydrogen) atoms. The Morgan fingerprint density at radius 3 is 3.00 bits per heavy atom. The van der Waals surface area contributed by atoms with Gasteiger partial charge in [0, 0.05) is 16.0 Å². The zero-order chi connectivity index (χ0) is 17.1. The van der Waals surface area contributed by atoms with E-state index in [1.165, 1.54) is 28.0 Å². The Hall–Kier alpha value is -1.55. The van der Waals surface area contributed by atoms with Crippen molar-refractivity contribution in [1.29, 1.82) is 0 Å². The summed E-state index contributed by atoms with van der Waals surface area (Å²) in [5.74, 6) is -0.593. The SMILES string of the molecule is O=C(CN1C(=O)/C(=C/c2cccc(Br)c2)SC1=S)Nc1nccs1. The predicted molar refractivity (Wildman–Crippen MR) is 105 cm³/mol. The van der Waals surface area contributed by atoms with E-state index < -0.39 is 0 Å². The van der Waals surface area contributed by atoms with E-state index in [2.05, 4.69) is 26.2 Å². The Labute approximate surface area is 160 Å². The maximum atomic E-state index is 12.5. The summed E-state index contributed by atoms with van der Waals surface area (Å²) in [6.45, 7) is -0.125. The van der Waals surface area contributed by atoms with E-state index in [0.717, 1.165) is 10.0 Å². The number of hydrogen-bond donors (Lipinski definition) is 1. The van der Waals surface area contributed by atoms with E-state index in [9.17, 15) is 9.59 Å². The molecule has 1 aliphatic rings. The molecule has 9 heteroatoms. The largest absolute Gasteiger partial charge is 0.300 e. The van der Waals surface area contributed by atoms with Gasteiger partial charge in [0.05, 0.1) is 4.91 Å². The highest BCUT2D eigenvalue weighted by Crippen LogP contribution is 2.32. The summed E-state index contributed by atoms with van der Waals surface area (Å²) in [5.41, 5.74) is 0.886. The molecule has 0 atom stereocenters. The lowest BCUT2D eigenvalue weighted by atomic mass is 10.2. The average Bonchev–Trinajstić information content (AvgIpc) is 3.12. The summed E-state index contributed by atoms with van der Waals surface area (Å²) >= 11 is 11.1. The first-order valence-corrected chi connectivity index (χ1v) is 9.63. The van der Waals surface area contributed by atoms with Gasteiger partial charge < -0.3 is 5.32 Å². The van der Waals surface area contributed by atoms with E-state index in [0.29, 0.717) is 14.4 Å². The fraction of sp³-hybridized carbons (Fsp3) is 0.0667. The second-order valence-corrected chi connectivity index (χ2v) is 8.19. The topological polar surface area (TPSA) is 62.3 Å². The third-order valence-electron chi connectivity index (χ3n) is 3.00. The van der Waals surface area contributed by atoms with Gasteiger partial charge in [-0.1, -0.05) is 52.0 Å². The number of benzene rings is 1. The first kappa shape index (κ1) is 17.3. The molecule has 2 heterocycles. The van der Waals surface area contributed by atoms with Gasteiger partial charge in [-0.15, -0.1) is 11.3 Å². The Bertz CT molecular complexity index is 836. The fourth-order valence-electron chi connectivity index (χ4n) is 1.97. The van der Waals surface area contributed by atoms with Gasteiger partial charge in [0.1, 0.15) is 10.9 Å². The highest BCUT2D eigenvalue weighted by molar-refractivity contribution is 9.10. The number of carbonyl (C=O) groups excluding carboxylic acids is 2. The Morgan fingerprint density at radius 2 is 2.29 bits per heavy atom. The molecule has 1 aromatic heterocycles. The van der Waals surface area contributed by atoms with E-state index in [1.54, 1.807) is 17.7 Å². The van der Waals surface area contributed by atoms with Crippen LogP contribution in [-0.2, 0) is 9.59 Å². The Balaban J connectivity index is 1.71. The summed E-state index contributed by atoms with van der Waals surface area (Å²) in [4.78, 5) is 30.3. The van der Waals surface area contributed by atoms with Crippen LogP contribution in [-0.4, -0.2) is 32.6 Å². The molecule has 1 aliphatic heterocycles. The van der Waals surface area contributed by atoms with Crippen LogP contribution >= 0.6 is 51.2 Å². The van der Waals surface area contributed by atoms with Gasteiger partial charge in [-0.25, -0.2) is 4.98 Å². The van der Waals surface area contributed by atoms with Crippen LogP contribution < -0.4 is 5.32 Å². The van der Waals surface area contributed by atoms with Crippen molar-refractivity contribution < 1.29 is 9.59 Å². The molecular formula is C15H10BrN3O2S3. The standard InChI is InChI=1S/C15H10BrN3O2S3/c16-10-3-1-2-9(6-10)7-11-13(21)19(15(22)24-11)8-12(20)18-14-17-4-5-23-14/h1-7H,8H2,(H,17,18,20)/b11-7-. The van der Waals surface area contributed by atoms with Crippen LogP contribution in [0.3, 0.4) is 0 Å². The van der Waals surface area contributed by atoms with Crippen molar-refractivity contribution in [3.8, 4) is 0 Å². The third kappa shape index (κ3) is 4.10. The maximum Gasteiger partial charge on any atom is 0.266 e. The minimum Gasteiger partial charge on any atom is -0.300 e. The second-order valence-electron chi connectivity index (χ2n) is 4.71. The lowest BCUT2D eigenvalue weighted by Crippen LogP contribution is -2.36. The average molecular weight is 440 g/mol. The van der Waals surface area contributed by atoms with Crippen molar-refractivity contribution in [3.05, 3.63) is 50.8 Å². The zero-order valence-corrected chi connectivity index (χ0v) is 16.1. The summed E-state index contributed by atoms with van der Waals surface area (Å²) in [5, 5.41) is 4.90. The van der Waals surface area contributed by atoms with Gasteiger partial charge >= 0.3 is 0 Å². The van der Waals surface area contributed by atoms with E-state index in [-0.39, 0.29) is 18.4 Å². The number of thioether (sulfide) groups is 1. The molecule has 2 amide bonds. The molecule has 0 radical (unpaired) electrons. The first-order chi connectivity index (χ1) is 11.5. The van der Waals surface area contributed by atoms with Crippen molar-refractivity contribution in [1.82, 2.24) is 9.88 Å². The van der Waals surface area contributed by atoms with Gasteiger partial charge in [-0.3, -0.25) is 14.5 Å². The van der Waals surface area contributed by atoms with Crippen LogP contribution in [0.2, 0.25) is 0 Å². The molecular weight excluding hydrogens is 430 g/mol. The minimum absolute atomic E-state index is 0.125. The number of thiazole rings is 1. The number of aromatic nitrogens is 1. The number of anilines is 1. The summed E-state index contributed by atoms with van der Waals surface area (Å²) in [7, 11) is 0. The third-order valence-corrected chi connectivity index (χ3v) is 5.56. The van der Waals surface area contributed by atoms with Crippen molar-refractivity contribution in [2.45, 2.75) is 0 Å². The van der Waals surface area contributed by atoms with Crippen LogP contribution in [0.4, 0.5) is 5.13 Å². The minimum atomic E-state index is -0.329. The number of amides is 2. The van der Waals surface area contributed by atoms with Crippen LogP contribution in [0.1, 0.15) is 5.56 Å². The van der Waals surface area contributed by atoms with Crippen LogP contribution in [0.25, 0.3) is 6.08 Å². The predicted octanol–water partition coefficient (Wildman–Crippen LogP) is 3.75. The quantitative estimate of drug-likeness (QED) is 0.580. The Morgan fingerprint density at radius 1 is 1.46 bits per heavy atom. The highest BCUT2D eigenvalue weighted by Gasteiger charge is 2.33. The number of nitrogens with one attached hydrogen (secondary N) is 1. The molecule has 0 saturated carbocycles. The zero-order valence-electron chi connectivity index (χ0n) is 12.1. The highest BCUT2D eigenvalue weighted by atomic mass is 79.9. The molecule has 122 valence electrons. The molecule has 1 saturated heterocycles. The molecule has 0 bridgehead atoms. The fourth-order valence-corrected chi connectivity index (χ4v) is 4.19. The number of carbonyl (C=O) groups is 2. The second kappa shape index (κ2) is 7.56. The normalized spacial score (nSPS) is 16.0. The van der Waals surface area contributed by atoms with Crippen LogP contribution in [0.15, 0.2) is 45.2 Å². The van der Waals surface area contributed by atoms with Crippen LogP contribution in [0, 0.1) is 0 Å². The number of nitrogens with zero attached hydrogens (tertiary/aromatic N) is 2. The molecule has 0 aliphatic carbocycles. The number of hydrogen-bond acceptors (Lipinski definition) is 6. The lowest BCUT2D eigenvalue weighted by Gasteiger charge is -2.13. The molecule has 3 rings (SSSR count). The van der Waals surface area contributed by atoms with Gasteiger partial charge in [0.2, 0.25) is 5.91 Å². The number of halogens is 1. The van der Waals surface area contributed by atoms with E-state index in [4.69, 9.17) is 12.2 Å². The first-order valence-electron chi connectivity index (χ1n) is 6.73. The molecule has 1 N–H and O–H groups in total. The maximum absolute atomic E-state index is 12.5. The number of rotatable bonds is 4. The van der Waals surface area contributed by atoms with Crippen LogP contribution in [0.5, 0.6) is 0 Å². The van der Waals surface area contributed by atoms with Gasteiger partial charge in [0.15, 0.2) is 5.13 Å². The molecule has 1 fully saturated rings. The molecule has 2 aromatic rings. The van der Waals surface area contributed by atoms with Crippen molar-refractivity contribution in [3.63, 3.8) is 0 Å². The monoisotopic (exact) mass is 439 g/mol.